The molecule has 0 unspecified atom stereocenters. The fraction of sp³-hybridized carbons (Fsp3) is 0.826. The van der Waals surface area contributed by atoms with Crippen LogP contribution in [0.3, 0.4) is 0 Å². The van der Waals surface area contributed by atoms with Crippen LogP contribution in [-0.2, 0) is 14.3 Å². The van der Waals surface area contributed by atoms with Gasteiger partial charge >= 0.3 is 5.97 Å². The first-order valence-electron chi connectivity index (χ1n) is 10.9. The average Bonchev–Trinajstić information content (AvgIpc) is 2.81. The summed E-state index contributed by atoms with van der Waals surface area (Å²) < 4.78 is 4.64. The van der Waals surface area contributed by atoms with Gasteiger partial charge in [-0.2, -0.15) is 0 Å². The summed E-state index contributed by atoms with van der Waals surface area (Å²) in [6, 6.07) is 0. The van der Waals surface area contributed by atoms with Gasteiger partial charge in [0.15, 0.2) is 5.78 Å². The van der Waals surface area contributed by atoms with Crippen LogP contribution in [0.15, 0.2) is 11.1 Å². The molecule has 0 saturated carbocycles. The average molecular weight is 381 g/mol. The predicted octanol–water partition coefficient (Wildman–Crippen LogP) is 5.52. The highest BCUT2D eigenvalue weighted by Crippen LogP contribution is 2.43. The molecule has 4 nitrogen and oxygen atoms in total. The zero-order chi connectivity index (χ0) is 20.3. The molecule has 0 heterocycles. The zero-order valence-electron chi connectivity index (χ0n) is 17.9. The van der Waals surface area contributed by atoms with Crippen molar-refractivity contribution in [3.63, 3.8) is 0 Å². The smallest absolute Gasteiger partial charge is 0.305 e. The molecule has 0 amide bonds. The van der Waals surface area contributed by atoms with Crippen molar-refractivity contribution in [2.75, 3.05) is 7.11 Å². The topological polar surface area (TPSA) is 63.6 Å². The van der Waals surface area contributed by atoms with Gasteiger partial charge < -0.3 is 9.84 Å². The standard InChI is InChI=1S/C23H40O4/c1-5-6-14-17-23(26)19(3)18(2)22(25)20(23)15-12-10-8-7-9-11-13-16-21(24)27-4/h20,26H,5-17H2,1-4H3/t20-,23-/m1/s1. The van der Waals surface area contributed by atoms with E-state index in [1.54, 1.807) is 0 Å². The van der Waals surface area contributed by atoms with Gasteiger partial charge in [-0.15, -0.1) is 0 Å². The van der Waals surface area contributed by atoms with Crippen LogP contribution in [0, 0.1) is 5.92 Å². The summed E-state index contributed by atoms with van der Waals surface area (Å²) in [6.07, 6.45) is 12.7. The zero-order valence-corrected chi connectivity index (χ0v) is 17.9. The SMILES string of the molecule is CCCCC[C@@]1(O)C(C)=C(C)C(=O)[C@H]1CCCCCCCCCC(=O)OC. The van der Waals surface area contributed by atoms with Crippen LogP contribution in [-0.4, -0.2) is 29.6 Å². The molecule has 0 aliphatic heterocycles. The summed E-state index contributed by atoms with van der Waals surface area (Å²) in [7, 11) is 1.43. The lowest BCUT2D eigenvalue weighted by molar-refractivity contribution is -0.140. The van der Waals surface area contributed by atoms with Crippen molar-refractivity contribution in [3.05, 3.63) is 11.1 Å². The monoisotopic (exact) mass is 380 g/mol. The van der Waals surface area contributed by atoms with Crippen LogP contribution in [0.5, 0.6) is 0 Å². The highest BCUT2D eigenvalue weighted by atomic mass is 16.5. The van der Waals surface area contributed by atoms with Gasteiger partial charge in [-0.25, -0.2) is 0 Å². The van der Waals surface area contributed by atoms with Gasteiger partial charge in [-0.3, -0.25) is 9.59 Å². The summed E-state index contributed by atoms with van der Waals surface area (Å²) in [4.78, 5) is 23.7. The van der Waals surface area contributed by atoms with Crippen molar-refractivity contribution in [1.82, 2.24) is 0 Å². The van der Waals surface area contributed by atoms with E-state index in [9.17, 15) is 14.7 Å². The third kappa shape index (κ3) is 7.06. The minimum absolute atomic E-state index is 0.123. The van der Waals surface area contributed by atoms with Crippen molar-refractivity contribution in [2.24, 2.45) is 5.92 Å². The van der Waals surface area contributed by atoms with Crippen LogP contribution in [0.2, 0.25) is 0 Å². The third-order valence-corrected chi connectivity index (χ3v) is 6.24. The number of aliphatic hydroxyl groups is 1. The molecule has 0 saturated heterocycles. The van der Waals surface area contributed by atoms with E-state index in [4.69, 9.17) is 0 Å². The first-order chi connectivity index (χ1) is 12.9. The van der Waals surface area contributed by atoms with Gasteiger partial charge in [0.1, 0.15) is 0 Å². The van der Waals surface area contributed by atoms with Gasteiger partial charge in [-0.1, -0.05) is 64.7 Å². The molecule has 0 spiro atoms. The number of esters is 1. The van der Waals surface area contributed by atoms with E-state index in [0.29, 0.717) is 12.8 Å². The number of hydrogen-bond donors (Lipinski definition) is 1. The quantitative estimate of drug-likeness (QED) is 0.318. The minimum Gasteiger partial charge on any atom is -0.469 e. The fourth-order valence-electron chi connectivity index (χ4n) is 4.23. The van der Waals surface area contributed by atoms with Crippen LogP contribution in [0.1, 0.15) is 104 Å². The number of ketones is 1. The minimum atomic E-state index is -0.912. The Hall–Kier alpha value is -1.16. The van der Waals surface area contributed by atoms with Crippen molar-refractivity contribution in [1.29, 1.82) is 0 Å². The van der Waals surface area contributed by atoms with Crippen LogP contribution in [0.4, 0.5) is 0 Å². The number of methoxy groups -OCH3 is 1. The van der Waals surface area contributed by atoms with Crippen molar-refractivity contribution in [3.8, 4) is 0 Å². The van der Waals surface area contributed by atoms with Crippen molar-refractivity contribution < 1.29 is 19.4 Å². The Bertz CT molecular complexity index is 509. The molecule has 0 aromatic rings. The van der Waals surface area contributed by atoms with Crippen molar-refractivity contribution in [2.45, 2.75) is 110 Å². The molecule has 1 rings (SSSR count). The van der Waals surface area contributed by atoms with E-state index in [0.717, 1.165) is 81.8 Å². The van der Waals surface area contributed by atoms with E-state index in [1.165, 1.54) is 7.11 Å². The summed E-state index contributed by atoms with van der Waals surface area (Å²) in [5.41, 5.74) is 0.772. The normalized spacial score (nSPS) is 22.6. The number of allylic oxidation sites excluding steroid dienone is 1. The first-order valence-corrected chi connectivity index (χ1v) is 10.9. The van der Waals surface area contributed by atoms with Crippen LogP contribution in [0.25, 0.3) is 0 Å². The molecule has 1 aliphatic carbocycles. The molecule has 27 heavy (non-hydrogen) atoms. The third-order valence-electron chi connectivity index (χ3n) is 6.24. The molecule has 4 heteroatoms. The van der Waals surface area contributed by atoms with E-state index in [1.807, 2.05) is 13.8 Å². The summed E-state index contributed by atoms with van der Waals surface area (Å²) in [5, 5.41) is 11.2. The van der Waals surface area contributed by atoms with E-state index < -0.39 is 5.60 Å². The molecule has 0 aromatic heterocycles. The van der Waals surface area contributed by atoms with E-state index >= 15 is 0 Å². The molecular formula is C23H40O4. The van der Waals surface area contributed by atoms with Crippen molar-refractivity contribution >= 4 is 11.8 Å². The molecule has 0 radical (unpaired) electrons. The second-order valence-corrected chi connectivity index (χ2v) is 8.14. The Morgan fingerprint density at radius 1 is 1.00 bits per heavy atom. The predicted molar refractivity (Wildman–Crippen MR) is 110 cm³/mol. The number of carbonyl (C=O) groups excluding carboxylic acids is 2. The molecule has 0 aromatic carbocycles. The Morgan fingerprint density at radius 2 is 1.59 bits per heavy atom. The number of carbonyl (C=O) groups is 2. The highest BCUT2D eigenvalue weighted by molar-refractivity contribution is 6.01. The number of rotatable bonds is 14. The fourth-order valence-corrected chi connectivity index (χ4v) is 4.23. The Balaban J connectivity index is 2.29. The molecule has 1 aliphatic rings. The van der Waals surface area contributed by atoms with E-state index in [2.05, 4.69) is 11.7 Å². The summed E-state index contributed by atoms with van der Waals surface area (Å²) >= 11 is 0. The molecular weight excluding hydrogens is 340 g/mol. The second kappa shape index (κ2) is 12.3. The highest BCUT2D eigenvalue weighted by Gasteiger charge is 2.48. The Morgan fingerprint density at radius 3 is 2.19 bits per heavy atom. The maximum atomic E-state index is 12.6. The number of hydrogen-bond acceptors (Lipinski definition) is 4. The van der Waals surface area contributed by atoms with Gasteiger partial charge in [0.05, 0.1) is 18.6 Å². The number of Topliss-reactive ketones (excluding diaryl/α,β-unsaturated/α-hetero) is 1. The molecule has 0 fully saturated rings. The maximum Gasteiger partial charge on any atom is 0.305 e. The lowest BCUT2D eigenvalue weighted by Crippen LogP contribution is -2.38. The molecule has 0 bridgehead atoms. The Kier molecular flexibility index (Phi) is 10.9. The van der Waals surface area contributed by atoms with E-state index in [-0.39, 0.29) is 17.7 Å². The van der Waals surface area contributed by atoms with Gasteiger partial charge in [0.2, 0.25) is 0 Å². The molecule has 2 atom stereocenters. The summed E-state index contributed by atoms with van der Waals surface area (Å²) in [5.74, 6) is -0.203. The second-order valence-electron chi connectivity index (χ2n) is 8.14. The number of ether oxygens (including phenoxy) is 1. The van der Waals surface area contributed by atoms with Crippen LogP contribution >= 0.6 is 0 Å². The largest absolute Gasteiger partial charge is 0.469 e. The van der Waals surface area contributed by atoms with Gasteiger partial charge in [-0.05, 0) is 44.3 Å². The summed E-state index contributed by atoms with van der Waals surface area (Å²) in [6.45, 7) is 5.97. The van der Waals surface area contributed by atoms with Gasteiger partial charge in [0.25, 0.3) is 0 Å². The number of unbranched alkanes of at least 4 members (excludes halogenated alkanes) is 8. The van der Waals surface area contributed by atoms with Gasteiger partial charge in [0, 0.05) is 6.42 Å². The molecule has 156 valence electrons. The van der Waals surface area contributed by atoms with Crippen LogP contribution < -0.4 is 0 Å². The maximum absolute atomic E-state index is 12.6. The Labute approximate surface area is 165 Å². The molecule has 1 N–H and O–H groups in total. The lowest BCUT2D eigenvalue weighted by Gasteiger charge is -2.31. The first kappa shape index (κ1) is 23.9. The lowest BCUT2D eigenvalue weighted by atomic mass is 9.79.